The predicted molar refractivity (Wildman–Crippen MR) is 454 cm³/mol. The first-order chi connectivity index (χ1) is 53.7. The number of hydrogen-bond donors (Lipinski definition) is 3. The molecule has 0 aromatic rings. The Morgan fingerprint density at radius 2 is 0.491 bits per heavy atom. The van der Waals surface area contributed by atoms with Crippen molar-refractivity contribution in [2.24, 2.45) is 0 Å². The van der Waals surface area contributed by atoms with E-state index < -0.39 is 97.5 Å². The van der Waals surface area contributed by atoms with E-state index in [-0.39, 0.29) is 25.7 Å². The van der Waals surface area contributed by atoms with Crippen LogP contribution < -0.4 is 0 Å². The molecule has 5 atom stereocenters. The molecule has 19 heteroatoms. The molecular weight excluding hydrogens is 1430 g/mol. The topological polar surface area (TPSA) is 237 Å². The highest BCUT2D eigenvalue weighted by molar-refractivity contribution is 7.47. The van der Waals surface area contributed by atoms with Gasteiger partial charge in [0, 0.05) is 25.7 Å². The van der Waals surface area contributed by atoms with Crippen molar-refractivity contribution in [3.8, 4) is 0 Å². The van der Waals surface area contributed by atoms with E-state index in [4.69, 9.17) is 37.0 Å². The van der Waals surface area contributed by atoms with Crippen LogP contribution in [0.15, 0.2) is 194 Å². The smallest absolute Gasteiger partial charge is 0.462 e. The summed E-state index contributed by atoms with van der Waals surface area (Å²) < 4.78 is 68.4. The number of carbonyl (C=O) groups excluding carboxylic acids is 4. The van der Waals surface area contributed by atoms with Gasteiger partial charge in [0.1, 0.15) is 19.3 Å². The summed E-state index contributed by atoms with van der Waals surface area (Å²) >= 11 is 0. The maximum absolute atomic E-state index is 13.1. The minimum Gasteiger partial charge on any atom is -0.462 e. The van der Waals surface area contributed by atoms with Crippen LogP contribution >= 0.6 is 15.6 Å². The van der Waals surface area contributed by atoms with Crippen LogP contribution in [0.4, 0.5) is 0 Å². The van der Waals surface area contributed by atoms with Gasteiger partial charge < -0.3 is 33.8 Å². The van der Waals surface area contributed by atoms with Crippen molar-refractivity contribution in [3.05, 3.63) is 194 Å². The van der Waals surface area contributed by atoms with Gasteiger partial charge in [-0.2, -0.15) is 0 Å². The summed E-state index contributed by atoms with van der Waals surface area (Å²) in [5, 5.41) is 10.7. The second-order valence-electron chi connectivity index (χ2n) is 27.0. The lowest BCUT2D eigenvalue weighted by molar-refractivity contribution is -0.161. The van der Waals surface area contributed by atoms with Crippen LogP contribution in [-0.2, 0) is 65.4 Å². The number of phosphoric acid groups is 2. The summed E-state index contributed by atoms with van der Waals surface area (Å²) in [6.07, 6.45) is 100. The number of hydrogen-bond acceptors (Lipinski definition) is 15. The average Bonchev–Trinajstić information content (AvgIpc) is 0.900. The molecule has 0 aliphatic heterocycles. The number of allylic oxidation sites excluding steroid dienone is 32. The molecule has 0 aliphatic carbocycles. The lowest BCUT2D eigenvalue weighted by Gasteiger charge is -2.21. The van der Waals surface area contributed by atoms with Crippen molar-refractivity contribution in [2.75, 3.05) is 39.6 Å². The van der Waals surface area contributed by atoms with Crippen LogP contribution in [0.5, 0.6) is 0 Å². The molecule has 17 nitrogen and oxygen atoms in total. The number of esters is 4. The first-order valence-electron chi connectivity index (χ1n) is 41.7. The lowest BCUT2D eigenvalue weighted by Crippen LogP contribution is -2.30. The fraction of sp³-hybridized carbons (Fsp3) is 0.604. The van der Waals surface area contributed by atoms with Crippen molar-refractivity contribution in [1.29, 1.82) is 0 Å². The average molecular weight is 1570 g/mol. The maximum atomic E-state index is 13.1. The normalized spacial score (nSPS) is 14.8. The number of rotatable bonds is 76. The monoisotopic (exact) mass is 1570 g/mol. The Kier molecular flexibility index (Phi) is 76.4. The van der Waals surface area contributed by atoms with Gasteiger partial charge in [0.25, 0.3) is 0 Å². The molecule has 0 bridgehead atoms. The van der Waals surface area contributed by atoms with E-state index in [0.717, 1.165) is 109 Å². The molecule has 0 aromatic heterocycles. The summed E-state index contributed by atoms with van der Waals surface area (Å²) in [4.78, 5) is 73.1. The molecule has 0 rings (SSSR count). The van der Waals surface area contributed by atoms with Gasteiger partial charge in [-0.1, -0.05) is 325 Å². The zero-order chi connectivity index (χ0) is 80.3. The molecule has 0 aliphatic rings. The van der Waals surface area contributed by atoms with Crippen molar-refractivity contribution in [2.45, 2.75) is 316 Å². The second-order valence-corrected chi connectivity index (χ2v) is 29.9. The Balaban J connectivity index is 5.57. The Hall–Kier alpha value is -6.10. The predicted octanol–water partition coefficient (Wildman–Crippen LogP) is 24.9. The molecule has 0 aromatic carbocycles. The largest absolute Gasteiger partial charge is 0.472 e. The third-order valence-corrected chi connectivity index (χ3v) is 18.5. The van der Waals surface area contributed by atoms with Gasteiger partial charge in [-0.3, -0.25) is 37.3 Å². The molecule has 0 heterocycles. The van der Waals surface area contributed by atoms with Gasteiger partial charge >= 0.3 is 39.5 Å². The van der Waals surface area contributed by atoms with Gasteiger partial charge in [0.2, 0.25) is 0 Å². The van der Waals surface area contributed by atoms with Crippen molar-refractivity contribution in [1.82, 2.24) is 0 Å². The van der Waals surface area contributed by atoms with Gasteiger partial charge in [-0.05, 0) is 141 Å². The Morgan fingerprint density at radius 1 is 0.264 bits per heavy atom. The van der Waals surface area contributed by atoms with Crippen molar-refractivity contribution >= 4 is 39.5 Å². The quantitative estimate of drug-likeness (QED) is 0.0169. The Labute approximate surface area is 666 Å². The van der Waals surface area contributed by atoms with Crippen LogP contribution in [0, 0.1) is 0 Å². The van der Waals surface area contributed by atoms with Crippen LogP contribution in [0.1, 0.15) is 297 Å². The summed E-state index contributed by atoms with van der Waals surface area (Å²) in [6, 6.07) is 0. The molecule has 0 amide bonds. The molecule has 0 radical (unpaired) electrons. The maximum Gasteiger partial charge on any atom is 0.472 e. The number of unbranched alkanes of at least 4 members (excludes halogenated alkanes) is 18. The van der Waals surface area contributed by atoms with Crippen molar-refractivity contribution in [3.63, 3.8) is 0 Å². The minimum atomic E-state index is -5.03. The molecule has 0 saturated carbocycles. The SMILES string of the molecule is CC/C=C\C/C=C\C/C=C\C/C=C\C/C=C\C/C=C\CCC(=O)OC[C@H](COP(=O)(O)OC[C@@H](O)COP(=O)(O)OC[C@@H](COC(=O)CC/C=C\C/C=C\C/C=C\C/C=C\C/C=C\CCCCC)OC(=O)CCCCCCCCCCCCCCC)OC(=O)CC/C=C\C/C=C\C/C=C\C/C=C\C/C=C\CCCCC. The highest BCUT2D eigenvalue weighted by Gasteiger charge is 2.30. The Morgan fingerprint density at radius 3 is 0.782 bits per heavy atom. The number of phosphoric ester groups is 2. The number of carbonyl (C=O) groups is 4. The van der Waals surface area contributed by atoms with Crippen LogP contribution in [0.3, 0.4) is 0 Å². The third-order valence-electron chi connectivity index (χ3n) is 16.6. The van der Waals surface area contributed by atoms with Crippen LogP contribution in [0.25, 0.3) is 0 Å². The van der Waals surface area contributed by atoms with E-state index in [0.29, 0.717) is 44.9 Å². The summed E-state index contributed by atoms with van der Waals surface area (Å²) in [7, 11) is -10.0. The van der Waals surface area contributed by atoms with Crippen LogP contribution in [0.2, 0.25) is 0 Å². The molecule has 110 heavy (non-hydrogen) atoms. The highest BCUT2D eigenvalue weighted by atomic mass is 31.2. The van der Waals surface area contributed by atoms with Gasteiger partial charge in [-0.15, -0.1) is 0 Å². The highest BCUT2D eigenvalue weighted by Crippen LogP contribution is 2.45. The fourth-order valence-electron chi connectivity index (χ4n) is 10.3. The van der Waals surface area contributed by atoms with E-state index in [2.05, 4.69) is 167 Å². The molecule has 0 fully saturated rings. The molecular formula is C91H146O17P2. The number of aliphatic hydroxyl groups excluding tert-OH is 1. The van der Waals surface area contributed by atoms with Crippen LogP contribution in [-0.4, -0.2) is 96.7 Å². The molecule has 2 unspecified atom stereocenters. The third kappa shape index (κ3) is 80.0. The zero-order valence-electron chi connectivity index (χ0n) is 68.1. The van der Waals surface area contributed by atoms with E-state index in [9.17, 15) is 43.2 Å². The van der Waals surface area contributed by atoms with Gasteiger partial charge in [-0.25, -0.2) is 9.13 Å². The molecule has 3 N–H and O–H groups in total. The summed E-state index contributed by atoms with van der Waals surface area (Å²) in [6.45, 7) is 4.44. The Bertz CT molecular complexity index is 2850. The summed E-state index contributed by atoms with van der Waals surface area (Å²) in [5.41, 5.74) is 0. The molecule has 0 saturated heterocycles. The summed E-state index contributed by atoms with van der Waals surface area (Å²) in [5.74, 6) is -2.48. The lowest BCUT2D eigenvalue weighted by atomic mass is 10.0. The van der Waals surface area contributed by atoms with E-state index in [1.54, 1.807) is 0 Å². The second kappa shape index (κ2) is 80.9. The molecule has 622 valence electrons. The first-order valence-corrected chi connectivity index (χ1v) is 44.7. The van der Waals surface area contributed by atoms with E-state index >= 15 is 0 Å². The number of ether oxygens (including phenoxy) is 4. The van der Waals surface area contributed by atoms with Crippen molar-refractivity contribution < 1.29 is 80.2 Å². The molecule has 0 spiro atoms. The first kappa shape index (κ1) is 104. The zero-order valence-corrected chi connectivity index (χ0v) is 69.9. The minimum absolute atomic E-state index is 0.0117. The van der Waals surface area contributed by atoms with E-state index in [1.165, 1.54) is 89.9 Å². The van der Waals surface area contributed by atoms with Gasteiger partial charge in [0.15, 0.2) is 12.2 Å². The fourth-order valence-corrected chi connectivity index (χ4v) is 11.8. The van der Waals surface area contributed by atoms with Gasteiger partial charge in [0.05, 0.1) is 26.4 Å². The van der Waals surface area contributed by atoms with E-state index in [1.807, 2.05) is 54.7 Å². The number of aliphatic hydroxyl groups is 1. The standard InChI is InChI=1S/C91H146O17P2/c1-5-9-13-17-21-25-29-33-36-39-42-45-48-52-55-59-63-67-71-75-88(93)101-81-86(107-90(95)77-73-69-65-61-57-51-32-28-24-20-16-12-8-4)83-105-109(97,98)103-79-85(92)80-104-110(99,100)106-84-87(108-91(96)78-74-70-66-62-58-54-50-47-44-41-38-35-31-27-23-19-15-11-7-3)82-102-89(94)76-72-68-64-60-56-53-49-46-43-40-37-34-30-26-22-18-14-10-6-2/h10,14,21-23,25-27,33-38,42-47,52-56,58,63-64,66-68,70,85-87,92H,5-9,11-13,15-20,24,28-32,39-41,48-51,57,59-62,65,69,71-84H2,1-4H3,(H,97,98)(H,99,100)/b14-10-,25-21-,26-22-,27-23-,36-33-,37-34-,38-35-,45-42-,46-43-,47-44-,55-52-,56-53-,58-54-,67-63-,68-64-,70-66-/t85-,86+,87+/m0/s1.